The van der Waals surface area contributed by atoms with E-state index in [0.717, 1.165) is 42.3 Å². The summed E-state index contributed by atoms with van der Waals surface area (Å²) in [5.41, 5.74) is 1.90. The van der Waals surface area contributed by atoms with Gasteiger partial charge in [-0.25, -0.2) is 0 Å². The smallest absolute Gasteiger partial charge is 0.170 e. The molecule has 1 aromatic carbocycles. The number of carbonyl (C=O) groups excluding carboxylic acids is 1. The molecule has 0 bridgehead atoms. The highest BCUT2D eigenvalue weighted by molar-refractivity contribution is 9.10. The maximum absolute atomic E-state index is 11.5. The van der Waals surface area contributed by atoms with Crippen molar-refractivity contribution in [3.8, 4) is 0 Å². The Hall–Kier alpha value is -0.910. The van der Waals surface area contributed by atoms with Gasteiger partial charge in [0.1, 0.15) is 6.29 Å². The lowest BCUT2D eigenvalue weighted by molar-refractivity contribution is -0.166. The molecule has 1 spiro atoms. The molecule has 0 amide bonds. The first-order chi connectivity index (χ1) is 32.2. The zero-order valence-corrected chi connectivity index (χ0v) is 44.7. The Morgan fingerprint density at radius 1 is 0.369 bits per heavy atom. The maximum Gasteiger partial charge on any atom is 0.170 e. The molecule has 0 aliphatic carbocycles. The van der Waals surface area contributed by atoms with Gasteiger partial charge in [-0.05, 0) is 47.0 Å². The van der Waals surface area contributed by atoms with Crippen LogP contribution in [0.2, 0.25) is 0 Å². The molecule has 3 rings (SSSR count). The lowest BCUT2D eigenvalue weighted by Gasteiger charge is -2.33. The zero-order valence-electron chi connectivity index (χ0n) is 43.1. The Labute approximate surface area is 413 Å². The minimum absolute atomic E-state index is 0.449. The molecule has 2 aliphatic rings. The molecular weight excluding hydrogens is 863 g/mol. The van der Waals surface area contributed by atoms with Gasteiger partial charge in [0.15, 0.2) is 5.79 Å². The van der Waals surface area contributed by atoms with Crippen LogP contribution in [-0.4, -0.2) is 38.4 Å². The van der Waals surface area contributed by atoms with Crippen molar-refractivity contribution < 1.29 is 14.3 Å². The maximum atomic E-state index is 11.5. The van der Waals surface area contributed by atoms with Gasteiger partial charge in [-0.15, -0.1) is 0 Å². The molecule has 2 saturated heterocycles. The van der Waals surface area contributed by atoms with Crippen molar-refractivity contribution in [3.63, 3.8) is 0 Å². The van der Waals surface area contributed by atoms with Gasteiger partial charge in [0.05, 0.1) is 18.9 Å². The van der Waals surface area contributed by atoms with Crippen molar-refractivity contribution in [2.75, 3.05) is 31.2 Å². The molecule has 2 heterocycles. The summed E-state index contributed by atoms with van der Waals surface area (Å²) in [5, 5.41) is 0. The third-order valence-corrected chi connectivity index (χ3v) is 15.9. The van der Waals surface area contributed by atoms with Gasteiger partial charge in [0, 0.05) is 36.0 Å². The highest BCUT2D eigenvalue weighted by atomic mass is 79.9. The number of rotatable bonds is 2. The molecule has 4 nitrogen and oxygen atoms in total. The minimum Gasteiger partial charge on any atom is -0.370 e. The second-order valence-corrected chi connectivity index (χ2v) is 22.0. The summed E-state index contributed by atoms with van der Waals surface area (Å²) >= 11 is 3.81. The normalized spacial score (nSPS) is 23.4. The Morgan fingerprint density at radius 2 is 0.646 bits per heavy atom. The molecule has 0 N–H and O–H groups in total. The van der Waals surface area contributed by atoms with Crippen LogP contribution in [-0.2, 0) is 9.47 Å². The average Bonchev–Trinajstić information content (AvgIpc) is 3.79. The highest BCUT2D eigenvalue weighted by Crippen LogP contribution is 2.33. The molecule has 5 heteroatoms. The molecule has 0 aromatic heterocycles. The van der Waals surface area contributed by atoms with Crippen molar-refractivity contribution in [1.29, 1.82) is 0 Å². The summed E-state index contributed by atoms with van der Waals surface area (Å²) in [5.74, 6) is -0.449. The van der Waals surface area contributed by atoms with Crippen LogP contribution in [0, 0.1) is 0 Å². The molecule has 65 heavy (non-hydrogen) atoms. The monoisotopic (exact) mass is 970 g/mol. The van der Waals surface area contributed by atoms with Crippen LogP contribution in [0.3, 0.4) is 0 Å². The van der Waals surface area contributed by atoms with Crippen LogP contribution < -0.4 is 4.90 Å². The van der Waals surface area contributed by atoms with Gasteiger partial charge in [0.25, 0.3) is 0 Å². The molecule has 0 saturated carbocycles. The summed E-state index contributed by atoms with van der Waals surface area (Å²) in [6, 6.07) is 6.04. The number of nitrogens with zero attached hydrogens (tertiary/aromatic N) is 1. The molecule has 1 aromatic rings. The molecule has 2 aliphatic heterocycles. The van der Waals surface area contributed by atoms with Crippen LogP contribution in [0.15, 0.2) is 22.7 Å². The Kier molecular flexibility index (Phi) is 38.8. The summed E-state index contributed by atoms with van der Waals surface area (Å²) in [6.45, 7) is 3.34. The van der Waals surface area contributed by atoms with E-state index in [1.807, 2.05) is 12.1 Å². The van der Waals surface area contributed by atoms with E-state index in [1.165, 1.54) is 301 Å². The van der Waals surface area contributed by atoms with Crippen LogP contribution in [0.25, 0.3) is 0 Å². The number of anilines is 1. The van der Waals surface area contributed by atoms with Gasteiger partial charge in [-0.1, -0.05) is 283 Å². The fourth-order valence-corrected chi connectivity index (χ4v) is 11.5. The van der Waals surface area contributed by atoms with Crippen molar-refractivity contribution in [1.82, 2.24) is 0 Å². The van der Waals surface area contributed by atoms with E-state index in [4.69, 9.17) is 9.47 Å². The number of halogens is 1. The third kappa shape index (κ3) is 32.5. The SMILES string of the molecule is O=Cc1ccc(N2CCCCCCCCCCCCCCCCCCCCCCCCCCCCCCCCCCCCCCCCCCCCCCCCC3(CC2)OCCO3)c(Br)c1. The van der Waals surface area contributed by atoms with Gasteiger partial charge in [-0.3, -0.25) is 4.79 Å². The molecule has 0 atom stereocenters. The second kappa shape index (κ2) is 43.1. The van der Waals surface area contributed by atoms with Crippen molar-refractivity contribution >= 4 is 27.9 Å². The summed E-state index contributed by atoms with van der Waals surface area (Å²) in [7, 11) is 0. The van der Waals surface area contributed by atoms with Crippen LogP contribution in [0.1, 0.15) is 319 Å². The summed E-state index contributed by atoms with van der Waals surface area (Å²) in [4.78, 5) is 14.0. The number of aldehydes is 1. The lowest BCUT2D eigenvalue weighted by Crippen LogP contribution is -2.37. The average molecular weight is 971 g/mol. The first kappa shape index (κ1) is 58.4. The van der Waals surface area contributed by atoms with Crippen LogP contribution in [0.4, 0.5) is 5.69 Å². The van der Waals surface area contributed by atoms with Crippen molar-refractivity contribution in [2.24, 2.45) is 0 Å². The third-order valence-electron chi connectivity index (χ3n) is 15.3. The Bertz CT molecular complexity index is 1180. The number of carbonyl (C=O) groups is 1. The van der Waals surface area contributed by atoms with Gasteiger partial charge in [-0.2, -0.15) is 0 Å². The topological polar surface area (TPSA) is 38.8 Å². The quantitative estimate of drug-likeness (QED) is 0.277. The minimum atomic E-state index is -0.449. The fourth-order valence-electron chi connectivity index (χ4n) is 10.9. The van der Waals surface area contributed by atoms with Gasteiger partial charge >= 0.3 is 0 Å². The van der Waals surface area contributed by atoms with Crippen molar-refractivity contribution in [2.45, 2.75) is 314 Å². The van der Waals surface area contributed by atoms with Crippen molar-refractivity contribution in [3.05, 3.63) is 28.2 Å². The molecular formula is C60H108BrNO3. The van der Waals surface area contributed by atoms with E-state index in [1.54, 1.807) is 0 Å². The predicted octanol–water partition coefficient (Wildman–Crippen LogP) is 20.5. The largest absolute Gasteiger partial charge is 0.370 e. The van der Waals surface area contributed by atoms with E-state index in [0.29, 0.717) is 13.2 Å². The van der Waals surface area contributed by atoms with E-state index in [2.05, 4.69) is 26.9 Å². The van der Waals surface area contributed by atoms with E-state index >= 15 is 0 Å². The highest BCUT2D eigenvalue weighted by Gasteiger charge is 2.36. The molecule has 0 unspecified atom stereocenters. The van der Waals surface area contributed by atoms with Crippen LogP contribution >= 0.6 is 15.9 Å². The number of hydrogen-bond donors (Lipinski definition) is 0. The standard InChI is InChI=1S/C60H108BrNO3/c61-58-55-57(56-63)47-48-59(58)62-51-46-44-42-40-38-36-34-32-30-28-26-24-22-20-18-16-14-12-10-8-6-4-2-1-3-5-7-9-11-13-15-17-19-21-23-25-27-29-31-33-35-37-39-41-43-45-49-60(50-52-62)64-53-54-65-60/h47-48,55-56H,1-46,49-54H2. The second-order valence-electron chi connectivity index (χ2n) is 21.2. The summed E-state index contributed by atoms with van der Waals surface area (Å²) < 4.78 is 13.8. The Morgan fingerprint density at radius 3 is 0.923 bits per heavy atom. The molecule has 0 radical (unpaired) electrons. The lowest BCUT2D eigenvalue weighted by atomic mass is 10.0. The Balaban J connectivity index is 1.32. The van der Waals surface area contributed by atoms with Crippen LogP contribution in [0.5, 0.6) is 0 Å². The molecule has 2 fully saturated rings. The summed E-state index contributed by atoms with van der Waals surface area (Å²) in [6.07, 6.45) is 68.5. The zero-order chi connectivity index (χ0) is 45.8. The first-order valence-corrected chi connectivity index (χ1v) is 30.3. The number of hydrogen-bond acceptors (Lipinski definition) is 4. The van der Waals surface area contributed by atoms with E-state index in [-0.39, 0.29) is 0 Å². The number of benzene rings is 1. The van der Waals surface area contributed by atoms with E-state index < -0.39 is 5.79 Å². The van der Waals surface area contributed by atoms with Gasteiger partial charge in [0.2, 0.25) is 0 Å². The predicted molar refractivity (Wildman–Crippen MR) is 288 cm³/mol. The molecule has 378 valence electrons. The first-order valence-electron chi connectivity index (χ1n) is 29.5. The fraction of sp³-hybridized carbons (Fsp3) is 0.883. The number of ether oxygens (including phenoxy) is 2. The van der Waals surface area contributed by atoms with Gasteiger partial charge < -0.3 is 14.4 Å². The van der Waals surface area contributed by atoms with E-state index in [9.17, 15) is 4.79 Å².